The third-order valence-corrected chi connectivity index (χ3v) is 5.80. The summed E-state index contributed by atoms with van der Waals surface area (Å²) in [6.07, 6.45) is 5.84. The van der Waals surface area contributed by atoms with E-state index in [2.05, 4.69) is 25.3 Å². The molecular formula is C12H28N2O4Sn. The average molecular weight is 383 g/mol. The molecule has 0 aromatic carbocycles. The summed E-state index contributed by atoms with van der Waals surface area (Å²) in [5.74, 6) is -1.94. The number of unbranched alkanes of at least 4 members (excludes halogenated alkanes) is 2. The van der Waals surface area contributed by atoms with Crippen molar-refractivity contribution in [2.24, 2.45) is 11.5 Å². The zero-order valence-electron chi connectivity index (χ0n) is 12.0. The first kappa shape index (κ1) is 23.7. The van der Waals surface area contributed by atoms with Gasteiger partial charge in [0.15, 0.2) is 0 Å². The largest absolute Gasteiger partial charge is 0.480 e. The van der Waals surface area contributed by atoms with E-state index in [9.17, 15) is 9.59 Å². The molecule has 0 spiro atoms. The summed E-state index contributed by atoms with van der Waals surface area (Å²) in [4.78, 5) is 18.5. The van der Waals surface area contributed by atoms with Crippen LogP contribution in [0.5, 0.6) is 0 Å². The predicted molar refractivity (Wildman–Crippen MR) is 78.6 cm³/mol. The van der Waals surface area contributed by atoms with Gasteiger partial charge in [0, 0.05) is 0 Å². The van der Waals surface area contributed by atoms with Crippen LogP contribution in [0, 0.1) is 0 Å². The standard InChI is InChI=1S/2C4H9.2C2H5NO2.Sn/c2*1-3-4-2;2*3-1-2(4)5;/h2*1,3-4H2,2H3;2*1,3H2,(H,4,5);. The van der Waals surface area contributed by atoms with E-state index >= 15 is 0 Å². The molecule has 114 valence electrons. The Morgan fingerprint density at radius 3 is 1.32 bits per heavy atom. The zero-order valence-corrected chi connectivity index (χ0v) is 14.9. The zero-order chi connectivity index (χ0) is 15.5. The molecule has 0 aromatic heterocycles. The molecule has 0 heterocycles. The average Bonchev–Trinajstić information content (AvgIpc) is 2.40. The minimum absolute atomic E-state index is 0.149. The van der Waals surface area contributed by atoms with Crippen LogP contribution in [0.3, 0.4) is 0 Å². The van der Waals surface area contributed by atoms with E-state index in [4.69, 9.17) is 10.2 Å². The van der Waals surface area contributed by atoms with Gasteiger partial charge in [-0.05, 0) is 0 Å². The van der Waals surface area contributed by atoms with Crippen LogP contribution in [0.25, 0.3) is 0 Å². The van der Waals surface area contributed by atoms with Crippen LogP contribution in [0.1, 0.15) is 39.5 Å². The molecule has 7 heteroatoms. The van der Waals surface area contributed by atoms with Gasteiger partial charge < -0.3 is 21.7 Å². The third-order valence-electron chi connectivity index (χ3n) is 1.76. The van der Waals surface area contributed by atoms with Gasteiger partial charge in [-0.15, -0.1) is 0 Å². The fourth-order valence-electron chi connectivity index (χ4n) is 0.729. The predicted octanol–water partition coefficient (Wildman–Crippen LogP) is 1.19. The van der Waals surface area contributed by atoms with Gasteiger partial charge in [0.25, 0.3) is 0 Å². The SMILES string of the molecule is CCC[CH2][Sn][CH2]CCC.NCC(=O)O.NCC(=O)O. The molecule has 0 aliphatic rings. The van der Waals surface area contributed by atoms with E-state index in [1.165, 1.54) is 25.7 Å². The van der Waals surface area contributed by atoms with Gasteiger partial charge in [0.05, 0.1) is 13.1 Å². The monoisotopic (exact) mass is 384 g/mol. The molecular weight excluding hydrogens is 355 g/mol. The van der Waals surface area contributed by atoms with Crippen molar-refractivity contribution in [2.75, 3.05) is 13.1 Å². The molecule has 6 nitrogen and oxygen atoms in total. The molecule has 0 aliphatic carbocycles. The summed E-state index contributed by atoms with van der Waals surface area (Å²) >= 11 is 0.149. The Morgan fingerprint density at radius 2 is 1.16 bits per heavy atom. The van der Waals surface area contributed by atoms with E-state index < -0.39 is 11.9 Å². The van der Waals surface area contributed by atoms with Crippen molar-refractivity contribution in [3.05, 3.63) is 0 Å². The van der Waals surface area contributed by atoms with E-state index in [1.54, 1.807) is 8.87 Å². The Hall–Kier alpha value is -0.341. The van der Waals surface area contributed by atoms with Crippen LogP contribution in [-0.2, 0) is 9.59 Å². The summed E-state index contributed by atoms with van der Waals surface area (Å²) in [5.41, 5.74) is 9.14. The number of aliphatic carboxylic acids is 2. The van der Waals surface area contributed by atoms with Crippen LogP contribution in [0.4, 0.5) is 0 Å². The Balaban J connectivity index is -0.000000219. The molecule has 6 N–H and O–H groups in total. The van der Waals surface area contributed by atoms with Crippen molar-refractivity contribution in [1.29, 1.82) is 0 Å². The second kappa shape index (κ2) is 22.8. The number of carbonyl (C=O) groups is 2. The number of carboxylic acid groups (broad SMARTS) is 2. The Labute approximate surface area is 126 Å². The summed E-state index contributed by atoms with van der Waals surface area (Å²) < 4.78 is 3.25. The third kappa shape index (κ3) is 46.4. The smallest absolute Gasteiger partial charge is 0.317 e. The van der Waals surface area contributed by atoms with Crippen molar-refractivity contribution < 1.29 is 19.8 Å². The molecule has 0 fully saturated rings. The van der Waals surface area contributed by atoms with Crippen molar-refractivity contribution in [3.8, 4) is 0 Å². The summed E-state index contributed by atoms with van der Waals surface area (Å²) in [6.45, 7) is 4.03. The minimum Gasteiger partial charge on any atom is -0.480 e. The van der Waals surface area contributed by atoms with Gasteiger partial charge in [-0.1, -0.05) is 0 Å². The molecule has 0 saturated carbocycles. The molecule has 0 bridgehead atoms. The quantitative estimate of drug-likeness (QED) is 0.369. The number of nitrogens with two attached hydrogens (primary N) is 2. The fraction of sp³-hybridized carbons (Fsp3) is 0.833. The molecule has 0 saturated heterocycles. The minimum atomic E-state index is -0.968. The van der Waals surface area contributed by atoms with Crippen LogP contribution in [-0.4, -0.2) is 56.4 Å². The molecule has 0 atom stereocenters. The second-order valence-corrected chi connectivity index (χ2v) is 7.93. The van der Waals surface area contributed by atoms with Crippen molar-refractivity contribution in [1.82, 2.24) is 0 Å². The maximum absolute atomic E-state index is 9.24. The normalized spacial score (nSPS) is 8.63. The van der Waals surface area contributed by atoms with Gasteiger partial charge >= 0.3 is 81.5 Å². The van der Waals surface area contributed by atoms with E-state index in [0.29, 0.717) is 0 Å². The van der Waals surface area contributed by atoms with Gasteiger partial charge in [-0.25, -0.2) is 0 Å². The topological polar surface area (TPSA) is 127 Å². The van der Waals surface area contributed by atoms with Gasteiger partial charge in [-0.2, -0.15) is 0 Å². The number of hydrogen-bond donors (Lipinski definition) is 4. The first-order chi connectivity index (χ1) is 8.95. The maximum Gasteiger partial charge on any atom is 0.317 e. The Bertz CT molecular complexity index is 184. The Morgan fingerprint density at radius 1 is 0.895 bits per heavy atom. The van der Waals surface area contributed by atoms with E-state index in [1.807, 2.05) is 0 Å². The molecule has 0 unspecified atom stereocenters. The van der Waals surface area contributed by atoms with Crippen LogP contribution in [0.2, 0.25) is 8.87 Å². The van der Waals surface area contributed by atoms with Gasteiger partial charge in [0.1, 0.15) is 0 Å². The second-order valence-electron chi connectivity index (χ2n) is 3.65. The van der Waals surface area contributed by atoms with E-state index in [0.717, 1.165) is 0 Å². The Kier molecular flexibility index (Phi) is 28.5. The number of carboxylic acids is 2. The maximum atomic E-state index is 9.24. The molecule has 0 aliphatic heterocycles. The number of rotatable bonds is 8. The van der Waals surface area contributed by atoms with Crippen LogP contribution in [0.15, 0.2) is 0 Å². The molecule has 0 rings (SSSR count). The molecule has 0 amide bonds. The first-order valence-electron chi connectivity index (χ1n) is 6.50. The summed E-state index contributed by atoms with van der Waals surface area (Å²) in [5, 5.41) is 15.2. The summed E-state index contributed by atoms with van der Waals surface area (Å²) in [6, 6.07) is 0. The molecule has 2 radical (unpaired) electrons. The van der Waals surface area contributed by atoms with E-state index in [-0.39, 0.29) is 34.2 Å². The van der Waals surface area contributed by atoms with Crippen molar-refractivity contribution in [3.63, 3.8) is 0 Å². The van der Waals surface area contributed by atoms with Gasteiger partial charge in [0.2, 0.25) is 0 Å². The molecule has 19 heavy (non-hydrogen) atoms. The van der Waals surface area contributed by atoms with Crippen molar-refractivity contribution in [2.45, 2.75) is 48.4 Å². The summed E-state index contributed by atoms with van der Waals surface area (Å²) in [7, 11) is 0. The fourth-order valence-corrected chi connectivity index (χ4v) is 4.89. The number of hydrogen-bond acceptors (Lipinski definition) is 4. The van der Waals surface area contributed by atoms with Crippen molar-refractivity contribution >= 4 is 33.1 Å². The first-order valence-corrected chi connectivity index (χ1v) is 10.5. The molecule has 0 aromatic rings. The van der Waals surface area contributed by atoms with Crippen LogP contribution >= 0.6 is 0 Å². The van der Waals surface area contributed by atoms with Gasteiger partial charge in [-0.3, -0.25) is 9.59 Å². The van der Waals surface area contributed by atoms with Crippen LogP contribution < -0.4 is 11.5 Å².